The zero-order valence-electron chi connectivity index (χ0n) is 32.2. The van der Waals surface area contributed by atoms with Crippen LogP contribution in [0.2, 0.25) is 0 Å². The van der Waals surface area contributed by atoms with Gasteiger partial charge in [0.15, 0.2) is 0 Å². The van der Waals surface area contributed by atoms with Crippen LogP contribution in [0.25, 0.3) is 24.3 Å². The lowest BCUT2D eigenvalue weighted by Gasteiger charge is -2.27. The number of rotatable bonds is 10. The number of aryl methyl sites for hydroxylation is 6. The molecule has 0 atom stereocenters. The fraction of sp³-hybridized carbons (Fsp3) is 0.115. The maximum atomic E-state index is 2.35. The van der Waals surface area contributed by atoms with Crippen LogP contribution in [0.3, 0.4) is 0 Å². The minimum atomic E-state index is 1.13. The second-order valence-electron chi connectivity index (χ2n) is 14.4. The number of hydrogen-bond donors (Lipinski definition) is 0. The summed E-state index contributed by atoms with van der Waals surface area (Å²) in [6, 6.07) is 57.0. The summed E-state index contributed by atoms with van der Waals surface area (Å²) in [5.74, 6) is 0. The van der Waals surface area contributed by atoms with Crippen molar-refractivity contribution in [3.63, 3.8) is 0 Å². The highest BCUT2D eigenvalue weighted by Gasteiger charge is 2.16. The first-order valence-electron chi connectivity index (χ1n) is 18.8. The third-order valence-electron chi connectivity index (χ3n) is 9.92. The SMILES string of the molecule is Cc1cccc(N(c2ccc(/C=C/c3ccccc3/C=C/c3ccc(N(c4cccc(C)c4)c4ccc(C)cc4C)cc3)cc2)c2ccc(C)cc2C)c1. The van der Waals surface area contributed by atoms with Crippen LogP contribution in [0.1, 0.15) is 55.6 Å². The molecule has 7 rings (SSSR count). The monoisotopic (exact) mass is 700 g/mol. The van der Waals surface area contributed by atoms with E-state index in [-0.39, 0.29) is 0 Å². The highest BCUT2D eigenvalue weighted by Crippen LogP contribution is 2.39. The minimum Gasteiger partial charge on any atom is -0.310 e. The van der Waals surface area contributed by atoms with E-state index in [9.17, 15) is 0 Å². The van der Waals surface area contributed by atoms with Crippen LogP contribution >= 0.6 is 0 Å². The molecule has 0 unspecified atom stereocenters. The van der Waals surface area contributed by atoms with Gasteiger partial charge >= 0.3 is 0 Å². The Labute approximate surface area is 322 Å². The van der Waals surface area contributed by atoms with Crippen molar-refractivity contribution in [1.29, 1.82) is 0 Å². The summed E-state index contributed by atoms with van der Waals surface area (Å²) in [7, 11) is 0. The molecule has 0 aliphatic heterocycles. The molecule has 54 heavy (non-hydrogen) atoms. The number of benzene rings is 7. The minimum absolute atomic E-state index is 1.13. The quantitative estimate of drug-likeness (QED) is 0.131. The molecule has 0 spiro atoms. The average molecular weight is 701 g/mol. The molecule has 0 aliphatic rings. The first kappa shape index (κ1) is 36.0. The second-order valence-corrected chi connectivity index (χ2v) is 14.4. The van der Waals surface area contributed by atoms with E-state index >= 15 is 0 Å². The number of anilines is 6. The third kappa shape index (κ3) is 8.30. The van der Waals surface area contributed by atoms with Crippen molar-refractivity contribution in [2.24, 2.45) is 0 Å². The molecule has 0 saturated heterocycles. The maximum Gasteiger partial charge on any atom is 0.0490 e. The lowest BCUT2D eigenvalue weighted by atomic mass is 10.0. The second kappa shape index (κ2) is 16.1. The molecule has 0 heterocycles. The van der Waals surface area contributed by atoms with Gasteiger partial charge < -0.3 is 9.80 Å². The summed E-state index contributed by atoms with van der Waals surface area (Å²) in [6.45, 7) is 13.0. The number of nitrogens with zero attached hydrogens (tertiary/aromatic N) is 2. The molecule has 2 heteroatoms. The van der Waals surface area contributed by atoms with Crippen molar-refractivity contribution in [2.75, 3.05) is 9.80 Å². The van der Waals surface area contributed by atoms with Crippen LogP contribution in [-0.4, -0.2) is 0 Å². The Balaban J connectivity index is 1.11. The Bertz CT molecular complexity index is 2270. The molecule has 0 fully saturated rings. The zero-order valence-corrected chi connectivity index (χ0v) is 32.2. The molecule has 0 aliphatic carbocycles. The molecule has 0 bridgehead atoms. The van der Waals surface area contributed by atoms with Crippen molar-refractivity contribution in [1.82, 2.24) is 0 Å². The summed E-state index contributed by atoms with van der Waals surface area (Å²) < 4.78 is 0. The summed E-state index contributed by atoms with van der Waals surface area (Å²) in [6.07, 6.45) is 8.83. The molecular formula is C52H48N2. The van der Waals surface area contributed by atoms with Crippen LogP contribution < -0.4 is 9.80 Å². The predicted octanol–water partition coefficient (Wildman–Crippen LogP) is 14.8. The first-order valence-corrected chi connectivity index (χ1v) is 18.8. The molecule has 0 aromatic heterocycles. The van der Waals surface area contributed by atoms with Crippen molar-refractivity contribution >= 4 is 58.4 Å². The molecule has 2 nitrogen and oxygen atoms in total. The van der Waals surface area contributed by atoms with Gasteiger partial charge in [0, 0.05) is 34.1 Å². The normalized spacial score (nSPS) is 11.4. The third-order valence-corrected chi connectivity index (χ3v) is 9.92. The van der Waals surface area contributed by atoms with Gasteiger partial charge in [0.25, 0.3) is 0 Å². The van der Waals surface area contributed by atoms with E-state index in [1.54, 1.807) is 0 Å². The van der Waals surface area contributed by atoms with E-state index in [4.69, 9.17) is 0 Å². The van der Waals surface area contributed by atoms with Crippen LogP contribution in [-0.2, 0) is 0 Å². The standard InChI is InChI=1S/C52H48N2/c1-37-11-9-15-49(35-37)53(51-31-17-39(3)33-41(51)5)47-27-21-43(22-28-47)19-25-45-13-7-8-14-46(45)26-20-44-23-29-48(30-24-44)54(50-16-10-12-38(2)36-50)52-32-18-40(4)34-42(52)6/h7-36H,1-6H3/b25-19+,26-20+. The van der Waals surface area contributed by atoms with E-state index in [1.165, 1.54) is 55.9 Å². The zero-order chi connectivity index (χ0) is 37.6. The lowest BCUT2D eigenvalue weighted by molar-refractivity contribution is 1.23. The maximum absolute atomic E-state index is 2.35. The Morgan fingerprint density at radius 3 is 1.07 bits per heavy atom. The van der Waals surface area contributed by atoms with Crippen LogP contribution in [0.4, 0.5) is 34.1 Å². The first-order chi connectivity index (χ1) is 26.2. The van der Waals surface area contributed by atoms with E-state index in [0.717, 1.165) is 33.9 Å². The van der Waals surface area contributed by atoms with Crippen LogP contribution in [0.15, 0.2) is 158 Å². The molecule has 266 valence electrons. The summed E-state index contributed by atoms with van der Waals surface area (Å²) >= 11 is 0. The van der Waals surface area contributed by atoms with E-state index in [1.807, 2.05) is 0 Å². The summed E-state index contributed by atoms with van der Waals surface area (Å²) in [5, 5.41) is 0. The number of hydrogen-bond acceptors (Lipinski definition) is 2. The fourth-order valence-electron chi connectivity index (χ4n) is 7.16. The molecule has 0 radical (unpaired) electrons. The summed E-state index contributed by atoms with van der Waals surface area (Å²) in [5.41, 5.74) is 19.1. The van der Waals surface area contributed by atoms with E-state index < -0.39 is 0 Å². The largest absolute Gasteiger partial charge is 0.310 e. The van der Waals surface area contributed by atoms with Crippen molar-refractivity contribution < 1.29 is 0 Å². The van der Waals surface area contributed by atoms with Crippen LogP contribution in [0.5, 0.6) is 0 Å². The molecular weight excluding hydrogens is 653 g/mol. The molecule has 0 saturated carbocycles. The van der Waals surface area contributed by atoms with Gasteiger partial charge in [-0.1, -0.05) is 132 Å². The average Bonchev–Trinajstić information content (AvgIpc) is 3.16. The Morgan fingerprint density at radius 1 is 0.315 bits per heavy atom. The smallest absolute Gasteiger partial charge is 0.0490 e. The Morgan fingerprint density at radius 2 is 0.704 bits per heavy atom. The summed E-state index contributed by atoms with van der Waals surface area (Å²) in [4.78, 5) is 4.71. The topological polar surface area (TPSA) is 6.48 Å². The molecule has 0 amide bonds. The van der Waals surface area contributed by atoms with Gasteiger partial charge in [-0.3, -0.25) is 0 Å². The van der Waals surface area contributed by atoms with Gasteiger partial charge in [0.05, 0.1) is 0 Å². The molecule has 7 aromatic rings. The van der Waals surface area contributed by atoms with E-state index in [0.29, 0.717) is 0 Å². The lowest BCUT2D eigenvalue weighted by Crippen LogP contribution is -2.11. The molecule has 0 N–H and O–H groups in total. The van der Waals surface area contributed by atoms with Gasteiger partial charge in [-0.05, 0) is 147 Å². The van der Waals surface area contributed by atoms with Gasteiger partial charge in [-0.15, -0.1) is 0 Å². The van der Waals surface area contributed by atoms with Crippen molar-refractivity contribution in [2.45, 2.75) is 41.5 Å². The van der Waals surface area contributed by atoms with Gasteiger partial charge in [0.1, 0.15) is 0 Å². The Kier molecular flexibility index (Phi) is 10.7. The van der Waals surface area contributed by atoms with Crippen LogP contribution in [0, 0.1) is 41.5 Å². The van der Waals surface area contributed by atoms with Gasteiger partial charge in [-0.2, -0.15) is 0 Å². The fourth-order valence-corrected chi connectivity index (χ4v) is 7.16. The highest BCUT2D eigenvalue weighted by molar-refractivity contribution is 5.83. The van der Waals surface area contributed by atoms with Crippen molar-refractivity contribution in [3.05, 3.63) is 213 Å². The highest BCUT2D eigenvalue weighted by atomic mass is 15.1. The van der Waals surface area contributed by atoms with Gasteiger partial charge in [0.2, 0.25) is 0 Å². The van der Waals surface area contributed by atoms with E-state index in [2.05, 4.69) is 233 Å². The predicted molar refractivity (Wildman–Crippen MR) is 235 cm³/mol. The molecule has 7 aromatic carbocycles. The Hall–Kier alpha value is -6.38. The van der Waals surface area contributed by atoms with Crippen molar-refractivity contribution in [3.8, 4) is 0 Å². The van der Waals surface area contributed by atoms with Gasteiger partial charge in [-0.25, -0.2) is 0 Å².